The number of aromatic nitrogens is 2. The van der Waals surface area contributed by atoms with E-state index in [1.807, 2.05) is 6.92 Å². The highest BCUT2D eigenvalue weighted by Crippen LogP contribution is 2.47. The first-order chi connectivity index (χ1) is 11.3. The van der Waals surface area contributed by atoms with Crippen molar-refractivity contribution >= 4 is 5.91 Å². The Kier molecular flexibility index (Phi) is 3.71. The fraction of sp³-hybridized carbons (Fsp3) is 0.833. The average Bonchev–Trinajstić information content (AvgIpc) is 3.04. The van der Waals surface area contributed by atoms with E-state index < -0.39 is 0 Å². The van der Waals surface area contributed by atoms with Crippen LogP contribution in [0.3, 0.4) is 0 Å². The average molecular weight is 332 g/mol. The van der Waals surface area contributed by atoms with Gasteiger partial charge in [0.2, 0.25) is 11.8 Å². The summed E-state index contributed by atoms with van der Waals surface area (Å²) in [5.41, 5.74) is 0.353. The van der Waals surface area contributed by atoms with Gasteiger partial charge in [-0.1, -0.05) is 19.0 Å². The van der Waals surface area contributed by atoms with Crippen LogP contribution in [0, 0.1) is 18.3 Å². The van der Waals surface area contributed by atoms with E-state index in [4.69, 9.17) is 4.52 Å². The zero-order chi connectivity index (χ0) is 17.1. The fourth-order valence-corrected chi connectivity index (χ4v) is 4.91. The van der Waals surface area contributed by atoms with Crippen LogP contribution in [-0.4, -0.2) is 51.0 Å². The first kappa shape index (κ1) is 16.1. The van der Waals surface area contributed by atoms with Crippen LogP contribution in [0.15, 0.2) is 4.52 Å². The lowest BCUT2D eigenvalue weighted by atomic mass is 9.64. The summed E-state index contributed by atoms with van der Waals surface area (Å²) in [5.74, 6) is 2.03. The van der Waals surface area contributed by atoms with E-state index >= 15 is 0 Å². The van der Waals surface area contributed by atoms with Gasteiger partial charge < -0.3 is 9.42 Å². The second-order valence-electron chi connectivity index (χ2n) is 8.71. The SMILES string of the molecule is Cc1noc(C(C)N2CC3CCC(C2)N3C(=O)C2CC(C)(C)C2)n1. The molecule has 1 aromatic rings. The Labute approximate surface area is 143 Å². The maximum absolute atomic E-state index is 12.9. The lowest BCUT2D eigenvalue weighted by Gasteiger charge is -2.48. The van der Waals surface area contributed by atoms with Gasteiger partial charge in [-0.3, -0.25) is 9.69 Å². The van der Waals surface area contributed by atoms with E-state index in [1.165, 1.54) is 0 Å². The van der Waals surface area contributed by atoms with Crippen LogP contribution in [0.1, 0.15) is 64.2 Å². The van der Waals surface area contributed by atoms with E-state index in [1.54, 1.807) is 0 Å². The van der Waals surface area contributed by atoms with Crippen LogP contribution < -0.4 is 0 Å². The van der Waals surface area contributed by atoms with Gasteiger partial charge in [-0.15, -0.1) is 0 Å². The number of amides is 1. The minimum absolute atomic E-state index is 0.120. The van der Waals surface area contributed by atoms with Gasteiger partial charge in [0, 0.05) is 31.1 Å². The van der Waals surface area contributed by atoms with E-state index in [9.17, 15) is 4.79 Å². The van der Waals surface area contributed by atoms with Gasteiger partial charge in [-0.2, -0.15) is 4.98 Å². The van der Waals surface area contributed by atoms with Gasteiger partial charge in [-0.25, -0.2) is 0 Å². The van der Waals surface area contributed by atoms with E-state index in [0.717, 1.165) is 38.8 Å². The molecule has 0 radical (unpaired) electrons. The first-order valence-corrected chi connectivity index (χ1v) is 9.20. The number of carbonyl (C=O) groups is 1. The summed E-state index contributed by atoms with van der Waals surface area (Å²) in [4.78, 5) is 22.0. The molecular weight excluding hydrogens is 304 g/mol. The Bertz CT molecular complexity index is 619. The fourth-order valence-electron chi connectivity index (χ4n) is 4.91. The summed E-state index contributed by atoms with van der Waals surface area (Å²) < 4.78 is 5.35. The maximum atomic E-state index is 12.9. The normalized spacial score (nSPS) is 31.1. The summed E-state index contributed by atoms with van der Waals surface area (Å²) in [6.45, 7) is 10.3. The topological polar surface area (TPSA) is 62.5 Å². The number of nitrogens with zero attached hydrogens (tertiary/aromatic N) is 4. The van der Waals surface area contributed by atoms with Crippen molar-refractivity contribution in [2.75, 3.05) is 13.1 Å². The molecule has 3 fully saturated rings. The molecule has 6 heteroatoms. The highest BCUT2D eigenvalue weighted by Gasteiger charge is 2.49. The molecule has 1 amide bonds. The van der Waals surface area contributed by atoms with Gasteiger partial charge in [0.1, 0.15) is 0 Å². The number of rotatable bonds is 3. The highest BCUT2D eigenvalue weighted by atomic mass is 16.5. The third-order valence-electron chi connectivity index (χ3n) is 6.16. The Morgan fingerprint density at radius 3 is 2.38 bits per heavy atom. The Morgan fingerprint density at radius 1 is 1.25 bits per heavy atom. The number of carbonyl (C=O) groups excluding carboxylic acids is 1. The number of aryl methyl sites for hydroxylation is 1. The monoisotopic (exact) mass is 332 g/mol. The van der Waals surface area contributed by atoms with Crippen LogP contribution in [0.5, 0.6) is 0 Å². The lowest BCUT2D eigenvalue weighted by Crippen LogP contribution is -2.58. The van der Waals surface area contributed by atoms with E-state index in [-0.39, 0.29) is 12.0 Å². The molecule has 24 heavy (non-hydrogen) atoms. The van der Waals surface area contributed by atoms with Crippen molar-refractivity contribution in [1.82, 2.24) is 19.9 Å². The number of hydrogen-bond acceptors (Lipinski definition) is 5. The van der Waals surface area contributed by atoms with Crippen LogP contribution in [0.25, 0.3) is 0 Å². The number of piperazine rings is 1. The van der Waals surface area contributed by atoms with Crippen molar-refractivity contribution in [2.24, 2.45) is 11.3 Å². The standard InChI is InChI=1S/C18H28N4O2/c1-11(16-19-12(2)20-24-16)21-9-14-5-6-15(10-21)22(14)17(23)13-7-18(3,4)8-13/h11,13-15H,5-10H2,1-4H3. The van der Waals surface area contributed by atoms with Crippen LogP contribution in [-0.2, 0) is 4.79 Å². The van der Waals surface area contributed by atoms with E-state index in [0.29, 0.717) is 35.1 Å². The quantitative estimate of drug-likeness (QED) is 0.851. The molecule has 3 unspecified atom stereocenters. The summed E-state index contributed by atoms with van der Waals surface area (Å²) in [6.07, 6.45) is 4.34. The van der Waals surface area contributed by atoms with Gasteiger partial charge in [-0.05, 0) is 44.9 Å². The van der Waals surface area contributed by atoms with Crippen molar-refractivity contribution in [1.29, 1.82) is 0 Å². The molecule has 0 spiro atoms. The predicted octanol–water partition coefficient (Wildman–Crippen LogP) is 2.55. The second-order valence-corrected chi connectivity index (χ2v) is 8.71. The zero-order valence-corrected chi connectivity index (χ0v) is 15.2. The number of likely N-dealkylation sites (tertiary alicyclic amines) is 1. The summed E-state index contributed by atoms with van der Waals surface area (Å²) in [5, 5.41) is 3.91. The van der Waals surface area contributed by atoms with Gasteiger partial charge in [0.15, 0.2) is 5.82 Å². The molecule has 3 heterocycles. The van der Waals surface area contributed by atoms with Crippen molar-refractivity contribution in [3.05, 3.63) is 11.7 Å². The molecule has 1 saturated carbocycles. The van der Waals surface area contributed by atoms with Crippen molar-refractivity contribution in [3.63, 3.8) is 0 Å². The van der Waals surface area contributed by atoms with Crippen LogP contribution >= 0.6 is 0 Å². The van der Waals surface area contributed by atoms with Gasteiger partial charge in [0.25, 0.3) is 0 Å². The molecular formula is C18H28N4O2. The summed E-state index contributed by atoms with van der Waals surface area (Å²) in [6, 6.07) is 0.826. The molecule has 2 aliphatic heterocycles. The lowest BCUT2D eigenvalue weighted by molar-refractivity contribution is -0.149. The van der Waals surface area contributed by atoms with E-state index in [2.05, 4.69) is 40.7 Å². The predicted molar refractivity (Wildman–Crippen MR) is 89.2 cm³/mol. The second kappa shape index (κ2) is 5.55. The zero-order valence-electron chi connectivity index (χ0n) is 15.2. The minimum atomic E-state index is 0.120. The highest BCUT2D eigenvalue weighted by molar-refractivity contribution is 5.81. The maximum Gasteiger partial charge on any atom is 0.243 e. The number of fused-ring (bicyclic) bond motifs is 2. The van der Waals surface area contributed by atoms with Gasteiger partial charge in [0.05, 0.1) is 6.04 Å². The summed E-state index contributed by atoms with van der Waals surface area (Å²) in [7, 11) is 0. The van der Waals surface area contributed by atoms with Crippen LogP contribution in [0.4, 0.5) is 0 Å². The molecule has 0 N–H and O–H groups in total. The smallest absolute Gasteiger partial charge is 0.243 e. The minimum Gasteiger partial charge on any atom is -0.338 e. The van der Waals surface area contributed by atoms with Gasteiger partial charge >= 0.3 is 0 Å². The molecule has 1 aliphatic carbocycles. The number of hydrogen-bond donors (Lipinski definition) is 0. The third kappa shape index (κ3) is 2.65. The third-order valence-corrected chi connectivity index (χ3v) is 6.16. The van der Waals surface area contributed by atoms with Crippen molar-refractivity contribution in [3.8, 4) is 0 Å². The van der Waals surface area contributed by atoms with Crippen molar-refractivity contribution < 1.29 is 9.32 Å². The molecule has 132 valence electrons. The molecule has 6 nitrogen and oxygen atoms in total. The molecule has 1 aromatic heterocycles. The van der Waals surface area contributed by atoms with Crippen LogP contribution in [0.2, 0.25) is 0 Å². The molecule has 4 rings (SSSR count). The Balaban J connectivity index is 1.43. The molecule has 2 bridgehead atoms. The Morgan fingerprint density at radius 2 is 1.88 bits per heavy atom. The molecule has 3 atom stereocenters. The Hall–Kier alpha value is -1.43. The molecule has 0 aromatic carbocycles. The van der Waals surface area contributed by atoms with Crippen molar-refractivity contribution in [2.45, 2.75) is 71.5 Å². The molecule has 3 aliphatic rings. The largest absolute Gasteiger partial charge is 0.338 e. The molecule has 2 saturated heterocycles. The first-order valence-electron chi connectivity index (χ1n) is 9.20. The summed E-state index contributed by atoms with van der Waals surface area (Å²) >= 11 is 0.